The largest absolute Gasteiger partial charge is 0.461 e. The number of methoxy groups -OCH3 is 1. The molecule has 0 rings (SSSR count). The fourth-order valence-corrected chi connectivity index (χ4v) is 2.44. The van der Waals surface area contributed by atoms with E-state index in [4.69, 9.17) is 24.4 Å². The molecule has 0 bridgehead atoms. The molecule has 0 spiro atoms. The van der Waals surface area contributed by atoms with E-state index in [1.165, 1.54) is 64.9 Å². The molecule has 2 atom stereocenters. The quantitative estimate of drug-likeness (QED) is 0.288. The van der Waals surface area contributed by atoms with Crippen molar-refractivity contribution >= 4 is 5.97 Å². The summed E-state index contributed by atoms with van der Waals surface area (Å²) in [6.45, 7) is 2.61. The Bertz CT molecular complexity index is 298. The summed E-state index contributed by atoms with van der Waals surface area (Å²) >= 11 is 0. The molecule has 0 fully saturated rings. The highest BCUT2D eigenvalue weighted by Gasteiger charge is 2.17. The second kappa shape index (κ2) is 18.1. The summed E-state index contributed by atoms with van der Waals surface area (Å²) in [7, 11) is 1.52. The lowest BCUT2D eigenvalue weighted by Crippen LogP contribution is -2.32. The van der Waals surface area contributed by atoms with Crippen molar-refractivity contribution < 1.29 is 29.2 Å². The lowest BCUT2D eigenvalue weighted by Gasteiger charge is -2.16. The van der Waals surface area contributed by atoms with Gasteiger partial charge >= 0.3 is 5.97 Å². The van der Waals surface area contributed by atoms with Crippen molar-refractivity contribution in [2.45, 2.75) is 83.3 Å². The first-order valence-electron chi connectivity index (χ1n) is 9.71. The van der Waals surface area contributed by atoms with Crippen molar-refractivity contribution in [2.75, 3.05) is 33.5 Å². The van der Waals surface area contributed by atoms with Crippen molar-refractivity contribution in [3.8, 4) is 0 Å². The third-order valence-electron chi connectivity index (χ3n) is 4.14. The molecule has 0 saturated heterocycles. The molecule has 6 heteroatoms. The van der Waals surface area contributed by atoms with Crippen LogP contribution >= 0.6 is 0 Å². The summed E-state index contributed by atoms with van der Waals surface area (Å²) in [6, 6.07) is 0. The van der Waals surface area contributed by atoms with Crippen LogP contribution < -0.4 is 0 Å². The lowest BCUT2D eigenvalue weighted by molar-refractivity contribution is -0.160. The van der Waals surface area contributed by atoms with Crippen molar-refractivity contribution in [1.29, 1.82) is 0 Å². The topological polar surface area (TPSA) is 85.2 Å². The average molecular weight is 363 g/mol. The summed E-state index contributed by atoms with van der Waals surface area (Å²) in [5.74, 6) is -0.848. The predicted molar refractivity (Wildman–Crippen MR) is 97.5 cm³/mol. The van der Waals surface area contributed by atoms with Crippen LogP contribution in [0.3, 0.4) is 0 Å². The molecule has 0 aliphatic rings. The third kappa shape index (κ3) is 15.3. The van der Waals surface area contributed by atoms with Gasteiger partial charge in [-0.05, 0) is 6.42 Å². The fraction of sp³-hybridized carbons (Fsp3) is 0.947. The van der Waals surface area contributed by atoms with Gasteiger partial charge in [0.05, 0.1) is 13.2 Å². The van der Waals surface area contributed by atoms with Gasteiger partial charge in [-0.25, -0.2) is 4.79 Å². The number of unbranched alkanes of at least 4 members (excludes halogenated alkanes) is 9. The van der Waals surface area contributed by atoms with Crippen molar-refractivity contribution in [3.63, 3.8) is 0 Å². The molecule has 0 saturated carbocycles. The summed E-state index contributed by atoms with van der Waals surface area (Å²) in [5, 5.41) is 17.8. The molecule has 2 N–H and O–H groups in total. The zero-order chi connectivity index (χ0) is 18.8. The van der Waals surface area contributed by atoms with Crippen LogP contribution in [-0.4, -0.2) is 61.9 Å². The first-order chi connectivity index (χ1) is 12.2. The zero-order valence-corrected chi connectivity index (χ0v) is 16.1. The number of ether oxygens (including phenoxy) is 3. The van der Waals surface area contributed by atoms with Crippen molar-refractivity contribution in [3.05, 3.63) is 0 Å². The monoisotopic (exact) mass is 362 g/mol. The normalized spacial score (nSPS) is 13.6. The average Bonchev–Trinajstić information content (AvgIpc) is 2.63. The zero-order valence-electron chi connectivity index (χ0n) is 16.1. The fourth-order valence-electron chi connectivity index (χ4n) is 2.44. The van der Waals surface area contributed by atoms with E-state index in [9.17, 15) is 4.79 Å². The molecule has 0 aromatic carbocycles. The Kier molecular flexibility index (Phi) is 17.6. The predicted octanol–water partition coefficient (Wildman–Crippen LogP) is 2.84. The Morgan fingerprint density at radius 2 is 1.48 bits per heavy atom. The highest BCUT2D eigenvalue weighted by molar-refractivity contribution is 5.74. The van der Waals surface area contributed by atoms with E-state index in [2.05, 4.69) is 6.92 Å². The van der Waals surface area contributed by atoms with Gasteiger partial charge in [-0.2, -0.15) is 0 Å². The maximum Gasteiger partial charge on any atom is 0.337 e. The minimum absolute atomic E-state index is 0.00439. The van der Waals surface area contributed by atoms with Gasteiger partial charge in [0.15, 0.2) is 6.10 Å². The van der Waals surface area contributed by atoms with Crippen LogP contribution in [0.1, 0.15) is 71.1 Å². The molecular formula is C19H38O6. The van der Waals surface area contributed by atoms with Crippen molar-refractivity contribution in [2.24, 2.45) is 0 Å². The molecule has 0 aromatic heterocycles. The molecule has 0 aliphatic carbocycles. The maximum atomic E-state index is 11.2. The van der Waals surface area contributed by atoms with E-state index in [-0.39, 0.29) is 12.7 Å². The Morgan fingerprint density at radius 3 is 2.00 bits per heavy atom. The number of hydrogen-bond acceptors (Lipinski definition) is 6. The van der Waals surface area contributed by atoms with Crippen molar-refractivity contribution in [1.82, 2.24) is 0 Å². The maximum absolute atomic E-state index is 11.2. The minimum atomic E-state index is -1.50. The third-order valence-corrected chi connectivity index (χ3v) is 4.14. The van der Waals surface area contributed by atoms with E-state index in [1.807, 2.05) is 0 Å². The summed E-state index contributed by atoms with van der Waals surface area (Å²) < 4.78 is 15.6. The van der Waals surface area contributed by atoms with E-state index >= 15 is 0 Å². The van der Waals surface area contributed by atoms with Crippen LogP contribution in [0, 0.1) is 0 Å². The molecular weight excluding hydrogens is 324 g/mol. The molecule has 0 radical (unpaired) electrons. The number of esters is 1. The highest BCUT2D eigenvalue weighted by atomic mass is 16.6. The first-order valence-corrected chi connectivity index (χ1v) is 9.71. The van der Waals surface area contributed by atoms with Crippen LogP contribution in [0.4, 0.5) is 0 Å². The van der Waals surface area contributed by atoms with Crippen LogP contribution in [0.2, 0.25) is 0 Å². The Hall–Kier alpha value is -0.690. The van der Waals surface area contributed by atoms with Crippen LogP contribution in [0.25, 0.3) is 0 Å². The highest BCUT2D eigenvalue weighted by Crippen LogP contribution is 2.10. The van der Waals surface area contributed by atoms with Gasteiger partial charge in [0.1, 0.15) is 12.7 Å². The van der Waals surface area contributed by atoms with E-state index in [0.29, 0.717) is 13.2 Å². The molecule has 0 heterocycles. The molecule has 0 amide bonds. The van der Waals surface area contributed by atoms with E-state index < -0.39 is 18.7 Å². The second-order valence-corrected chi connectivity index (χ2v) is 6.44. The van der Waals surface area contributed by atoms with Crippen LogP contribution in [0.5, 0.6) is 0 Å². The van der Waals surface area contributed by atoms with E-state index in [1.54, 1.807) is 0 Å². The van der Waals surface area contributed by atoms with Gasteiger partial charge in [0.25, 0.3) is 0 Å². The van der Waals surface area contributed by atoms with Gasteiger partial charge in [0.2, 0.25) is 0 Å². The molecule has 150 valence electrons. The van der Waals surface area contributed by atoms with Gasteiger partial charge < -0.3 is 24.4 Å². The molecule has 6 nitrogen and oxygen atoms in total. The van der Waals surface area contributed by atoms with Crippen LogP contribution in [-0.2, 0) is 19.0 Å². The number of aliphatic hydroxyl groups is 2. The van der Waals surface area contributed by atoms with Gasteiger partial charge in [0, 0.05) is 13.7 Å². The van der Waals surface area contributed by atoms with E-state index in [0.717, 1.165) is 6.42 Å². The Labute approximate surface area is 152 Å². The summed E-state index contributed by atoms with van der Waals surface area (Å²) in [6.07, 6.45) is 11.0. The first kappa shape index (κ1) is 24.3. The number of aliphatic hydroxyl groups excluding tert-OH is 2. The molecule has 0 aromatic rings. The SMILES string of the molecule is CCCCCCCCCCCCOCC(COC(=O)C(O)CO)OC. The molecule has 0 aliphatic heterocycles. The number of rotatable bonds is 18. The van der Waals surface area contributed by atoms with Crippen LogP contribution in [0.15, 0.2) is 0 Å². The summed E-state index contributed by atoms with van der Waals surface area (Å²) in [4.78, 5) is 11.2. The number of carbonyl (C=O) groups excluding carboxylic acids is 1. The standard InChI is InChI=1S/C19H38O6/c1-3-4-5-6-7-8-9-10-11-12-13-24-15-17(23-2)16-25-19(22)18(21)14-20/h17-18,20-21H,3-16H2,1-2H3. The van der Waals surface area contributed by atoms with Gasteiger partial charge in [-0.15, -0.1) is 0 Å². The minimum Gasteiger partial charge on any atom is -0.461 e. The Balaban J connectivity index is 3.42. The number of hydrogen-bond donors (Lipinski definition) is 2. The van der Waals surface area contributed by atoms with Gasteiger partial charge in [-0.1, -0.05) is 64.7 Å². The Morgan fingerprint density at radius 1 is 0.920 bits per heavy atom. The van der Waals surface area contributed by atoms with Gasteiger partial charge in [-0.3, -0.25) is 0 Å². The second-order valence-electron chi connectivity index (χ2n) is 6.44. The smallest absolute Gasteiger partial charge is 0.337 e. The lowest BCUT2D eigenvalue weighted by atomic mass is 10.1. The number of carbonyl (C=O) groups is 1. The molecule has 2 unspecified atom stereocenters. The molecule has 25 heavy (non-hydrogen) atoms. The summed E-state index contributed by atoms with van der Waals surface area (Å²) in [5.41, 5.74) is 0.